The van der Waals surface area contributed by atoms with E-state index in [4.69, 9.17) is 5.11 Å². The average Bonchev–Trinajstić information content (AvgIpc) is 2.30. The summed E-state index contributed by atoms with van der Waals surface area (Å²) >= 11 is 0. The Morgan fingerprint density at radius 3 is 1.61 bits per heavy atom. The van der Waals surface area contributed by atoms with Crippen LogP contribution >= 0.6 is 0 Å². The van der Waals surface area contributed by atoms with Crippen molar-refractivity contribution in [2.24, 2.45) is 0 Å². The number of rotatable bonds is 0. The van der Waals surface area contributed by atoms with Crippen LogP contribution in [0.1, 0.15) is 31.9 Å². The molecular weight excluding hydrogens is 220 g/mol. The van der Waals surface area contributed by atoms with Gasteiger partial charge in [0.15, 0.2) is 0 Å². The van der Waals surface area contributed by atoms with Gasteiger partial charge in [-0.3, -0.25) is 0 Å². The van der Waals surface area contributed by atoms with Gasteiger partial charge in [0.1, 0.15) is 5.75 Å². The van der Waals surface area contributed by atoms with Crippen molar-refractivity contribution in [1.29, 1.82) is 0 Å². The molecule has 1 heteroatoms. The maximum Gasteiger partial charge on any atom is 0.115 e. The Hall–Kier alpha value is -1.76. The second-order valence-electron chi connectivity index (χ2n) is 5.40. The van der Waals surface area contributed by atoms with Crippen LogP contribution in [0.2, 0.25) is 0 Å². The summed E-state index contributed by atoms with van der Waals surface area (Å²) in [5.41, 5.74) is 3.12. The molecule has 0 heterocycles. The van der Waals surface area contributed by atoms with Gasteiger partial charge >= 0.3 is 0 Å². The molecule has 96 valence electrons. The third-order valence-corrected chi connectivity index (χ3v) is 2.71. The van der Waals surface area contributed by atoms with E-state index in [0.29, 0.717) is 5.75 Å². The minimum Gasteiger partial charge on any atom is -0.508 e. The molecular formula is C17H22O. The lowest BCUT2D eigenvalue weighted by atomic mass is 9.84. The molecule has 0 amide bonds. The van der Waals surface area contributed by atoms with Gasteiger partial charge in [0.25, 0.3) is 0 Å². The number of para-hydroxylation sites is 1. The summed E-state index contributed by atoms with van der Waals surface area (Å²) in [6.07, 6.45) is 0. The lowest BCUT2D eigenvalue weighted by Crippen LogP contribution is -2.12. The molecule has 0 aromatic heterocycles. The molecule has 2 rings (SSSR count). The lowest BCUT2D eigenvalue weighted by Gasteiger charge is -2.21. The summed E-state index contributed by atoms with van der Waals surface area (Å²) in [5.74, 6) is 0.322. The van der Waals surface area contributed by atoms with E-state index in [1.807, 2.05) is 6.07 Å². The summed E-state index contributed by atoms with van der Waals surface area (Å²) in [6.45, 7) is 8.90. The SMILES string of the molecule is Cc1ccccc1C(C)(C)C.Oc1ccccc1. The Kier molecular flexibility index (Phi) is 4.96. The molecule has 0 aliphatic carbocycles. The molecule has 1 nitrogen and oxygen atoms in total. The zero-order chi connectivity index (χ0) is 13.6. The van der Waals surface area contributed by atoms with Crippen LogP contribution in [0, 0.1) is 6.92 Å². The van der Waals surface area contributed by atoms with Gasteiger partial charge in [-0.25, -0.2) is 0 Å². The first-order valence-corrected chi connectivity index (χ1v) is 6.21. The highest BCUT2D eigenvalue weighted by Gasteiger charge is 2.14. The summed E-state index contributed by atoms with van der Waals surface area (Å²) in [5, 5.41) is 8.63. The van der Waals surface area contributed by atoms with Crippen molar-refractivity contribution in [1.82, 2.24) is 0 Å². The largest absolute Gasteiger partial charge is 0.508 e. The minimum absolute atomic E-state index is 0.283. The summed E-state index contributed by atoms with van der Waals surface area (Å²) in [6, 6.07) is 17.3. The monoisotopic (exact) mass is 242 g/mol. The van der Waals surface area contributed by atoms with Gasteiger partial charge in [-0.05, 0) is 35.6 Å². The molecule has 2 aromatic rings. The zero-order valence-corrected chi connectivity index (χ0v) is 11.6. The molecule has 0 saturated carbocycles. The van der Waals surface area contributed by atoms with Crippen LogP contribution < -0.4 is 0 Å². The average molecular weight is 242 g/mol. The Balaban J connectivity index is 0.000000199. The van der Waals surface area contributed by atoms with Gasteiger partial charge < -0.3 is 5.11 Å². The third-order valence-electron chi connectivity index (χ3n) is 2.71. The number of phenolic OH excluding ortho intramolecular Hbond substituents is 1. The van der Waals surface area contributed by atoms with Gasteiger partial charge in [-0.2, -0.15) is 0 Å². The Morgan fingerprint density at radius 1 is 0.778 bits per heavy atom. The molecule has 0 aliphatic heterocycles. The normalized spacial score (nSPS) is 10.4. The number of aryl methyl sites for hydroxylation is 1. The van der Waals surface area contributed by atoms with Crippen molar-refractivity contribution in [2.45, 2.75) is 33.1 Å². The van der Waals surface area contributed by atoms with E-state index >= 15 is 0 Å². The highest BCUT2D eigenvalue weighted by Crippen LogP contribution is 2.24. The van der Waals surface area contributed by atoms with Crippen molar-refractivity contribution < 1.29 is 5.11 Å². The van der Waals surface area contributed by atoms with Gasteiger partial charge in [0, 0.05) is 0 Å². The highest BCUT2D eigenvalue weighted by molar-refractivity contribution is 5.31. The van der Waals surface area contributed by atoms with E-state index in [1.165, 1.54) is 11.1 Å². The number of hydrogen-bond acceptors (Lipinski definition) is 1. The molecule has 0 aliphatic rings. The predicted octanol–water partition coefficient (Wildman–Crippen LogP) is 4.68. The number of benzene rings is 2. The highest BCUT2D eigenvalue weighted by atomic mass is 16.3. The van der Waals surface area contributed by atoms with E-state index in [0.717, 1.165) is 0 Å². The van der Waals surface area contributed by atoms with Crippen molar-refractivity contribution in [3.05, 3.63) is 65.7 Å². The Morgan fingerprint density at radius 2 is 1.28 bits per heavy atom. The number of hydrogen-bond donors (Lipinski definition) is 1. The molecule has 1 N–H and O–H groups in total. The Bertz CT molecular complexity index is 466. The van der Waals surface area contributed by atoms with E-state index < -0.39 is 0 Å². The van der Waals surface area contributed by atoms with Crippen LogP contribution in [0.3, 0.4) is 0 Å². The van der Waals surface area contributed by atoms with E-state index in [9.17, 15) is 0 Å². The fraction of sp³-hybridized carbons (Fsp3) is 0.294. The lowest BCUT2D eigenvalue weighted by molar-refractivity contribution is 0.475. The van der Waals surface area contributed by atoms with Crippen LogP contribution in [-0.2, 0) is 5.41 Å². The fourth-order valence-electron chi connectivity index (χ4n) is 1.84. The molecule has 0 atom stereocenters. The van der Waals surface area contributed by atoms with Crippen LogP contribution in [-0.4, -0.2) is 5.11 Å². The minimum atomic E-state index is 0.283. The number of aromatic hydroxyl groups is 1. The maximum absolute atomic E-state index is 8.63. The quantitative estimate of drug-likeness (QED) is 0.711. The predicted molar refractivity (Wildman–Crippen MR) is 78.0 cm³/mol. The van der Waals surface area contributed by atoms with E-state index in [-0.39, 0.29) is 5.41 Å². The molecule has 18 heavy (non-hydrogen) atoms. The van der Waals surface area contributed by atoms with Crippen LogP contribution in [0.15, 0.2) is 54.6 Å². The summed E-state index contributed by atoms with van der Waals surface area (Å²) in [4.78, 5) is 0. The first-order valence-electron chi connectivity index (χ1n) is 6.21. The van der Waals surface area contributed by atoms with Gasteiger partial charge in [0.2, 0.25) is 0 Å². The Labute approximate surface area is 110 Å². The molecule has 0 spiro atoms. The third kappa shape index (κ3) is 4.62. The van der Waals surface area contributed by atoms with Crippen molar-refractivity contribution in [3.8, 4) is 5.75 Å². The van der Waals surface area contributed by atoms with Crippen molar-refractivity contribution in [2.75, 3.05) is 0 Å². The summed E-state index contributed by atoms with van der Waals surface area (Å²) < 4.78 is 0. The molecule has 2 aromatic carbocycles. The van der Waals surface area contributed by atoms with Crippen LogP contribution in [0.4, 0.5) is 0 Å². The van der Waals surface area contributed by atoms with E-state index in [2.05, 4.69) is 52.0 Å². The molecule has 0 fully saturated rings. The molecule has 0 saturated heterocycles. The fourth-order valence-corrected chi connectivity index (χ4v) is 1.84. The molecule has 0 radical (unpaired) electrons. The topological polar surface area (TPSA) is 20.2 Å². The second kappa shape index (κ2) is 6.25. The first kappa shape index (κ1) is 14.3. The van der Waals surface area contributed by atoms with Gasteiger partial charge in [0.05, 0.1) is 0 Å². The van der Waals surface area contributed by atoms with Crippen LogP contribution in [0.5, 0.6) is 5.75 Å². The summed E-state index contributed by atoms with van der Waals surface area (Å²) in [7, 11) is 0. The molecule has 0 bridgehead atoms. The standard InChI is InChI=1S/C11H16.C6H6O/c1-9-7-5-6-8-10(9)11(2,3)4;7-6-4-2-1-3-5-6/h5-8H,1-4H3;1-5,7H. The maximum atomic E-state index is 8.63. The van der Waals surface area contributed by atoms with E-state index in [1.54, 1.807) is 24.3 Å². The molecule has 0 unspecified atom stereocenters. The zero-order valence-electron chi connectivity index (χ0n) is 11.6. The van der Waals surface area contributed by atoms with Gasteiger partial charge in [-0.1, -0.05) is 63.2 Å². The second-order valence-corrected chi connectivity index (χ2v) is 5.40. The smallest absolute Gasteiger partial charge is 0.115 e. The van der Waals surface area contributed by atoms with Crippen molar-refractivity contribution in [3.63, 3.8) is 0 Å². The number of phenols is 1. The van der Waals surface area contributed by atoms with Crippen molar-refractivity contribution >= 4 is 0 Å². The van der Waals surface area contributed by atoms with Crippen LogP contribution in [0.25, 0.3) is 0 Å². The first-order chi connectivity index (χ1) is 8.41. The van der Waals surface area contributed by atoms with Gasteiger partial charge in [-0.15, -0.1) is 0 Å².